The fourth-order valence-corrected chi connectivity index (χ4v) is 1.56. The van der Waals surface area contributed by atoms with Crippen LogP contribution in [0.15, 0.2) is 28.7 Å². The molecule has 0 atom stereocenters. The maximum atomic E-state index is 11.6. The van der Waals surface area contributed by atoms with Crippen LogP contribution in [0.5, 0.6) is 0 Å². The number of ether oxygens (including phenoxy) is 1. The second-order valence-corrected chi connectivity index (χ2v) is 5.01. The first-order valence-electron chi connectivity index (χ1n) is 5.72. The minimum atomic E-state index is -0.351. The standard InChI is InChI=1S/C13H16BrNO3/c1-9(2)18-13(17)8-7-12(16)15-11-5-3-10(14)4-6-11/h3-6,9H,7-8H2,1-2H3,(H,15,16). The van der Waals surface area contributed by atoms with Gasteiger partial charge >= 0.3 is 5.97 Å². The monoisotopic (exact) mass is 313 g/mol. The van der Waals surface area contributed by atoms with Gasteiger partial charge in [-0.25, -0.2) is 0 Å². The van der Waals surface area contributed by atoms with Crippen molar-refractivity contribution in [2.24, 2.45) is 0 Å². The molecule has 0 fully saturated rings. The number of rotatable bonds is 5. The third kappa shape index (κ3) is 5.82. The summed E-state index contributed by atoms with van der Waals surface area (Å²) in [4.78, 5) is 22.8. The number of carbonyl (C=O) groups is 2. The van der Waals surface area contributed by atoms with E-state index >= 15 is 0 Å². The fourth-order valence-electron chi connectivity index (χ4n) is 1.29. The number of nitrogens with one attached hydrogen (secondary N) is 1. The minimum absolute atomic E-state index is 0.0978. The van der Waals surface area contributed by atoms with Crippen molar-refractivity contribution in [1.29, 1.82) is 0 Å². The van der Waals surface area contributed by atoms with Crippen molar-refractivity contribution >= 4 is 33.5 Å². The van der Waals surface area contributed by atoms with Crippen LogP contribution in [0.2, 0.25) is 0 Å². The number of esters is 1. The van der Waals surface area contributed by atoms with Gasteiger partial charge in [0.1, 0.15) is 0 Å². The largest absolute Gasteiger partial charge is 0.463 e. The molecular weight excluding hydrogens is 298 g/mol. The SMILES string of the molecule is CC(C)OC(=O)CCC(=O)Nc1ccc(Br)cc1. The molecule has 0 aliphatic rings. The topological polar surface area (TPSA) is 55.4 Å². The minimum Gasteiger partial charge on any atom is -0.463 e. The molecule has 0 saturated heterocycles. The normalized spacial score (nSPS) is 10.2. The average molecular weight is 314 g/mol. The van der Waals surface area contributed by atoms with Gasteiger partial charge in [-0.2, -0.15) is 0 Å². The molecule has 0 aliphatic carbocycles. The second kappa shape index (κ2) is 7.16. The van der Waals surface area contributed by atoms with Crippen LogP contribution in [-0.2, 0) is 14.3 Å². The highest BCUT2D eigenvalue weighted by atomic mass is 79.9. The van der Waals surface area contributed by atoms with Crippen LogP contribution in [-0.4, -0.2) is 18.0 Å². The summed E-state index contributed by atoms with van der Waals surface area (Å²) in [5.74, 6) is -0.547. The molecule has 0 saturated carbocycles. The maximum Gasteiger partial charge on any atom is 0.306 e. The summed E-state index contributed by atoms with van der Waals surface area (Å²) in [5.41, 5.74) is 0.709. The van der Waals surface area contributed by atoms with E-state index in [0.29, 0.717) is 5.69 Å². The predicted molar refractivity (Wildman–Crippen MR) is 73.2 cm³/mol. The van der Waals surface area contributed by atoms with Crippen molar-refractivity contribution in [3.63, 3.8) is 0 Å². The first-order valence-corrected chi connectivity index (χ1v) is 6.51. The van der Waals surface area contributed by atoms with Gasteiger partial charge in [0, 0.05) is 16.6 Å². The van der Waals surface area contributed by atoms with E-state index in [2.05, 4.69) is 21.2 Å². The van der Waals surface area contributed by atoms with Crippen LogP contribution in [0.4, 0.5) is 5.69 Å². The maximum absolute atomic E-state index is 11.6. The molecule has 18 heavy (non-hydrogen) atoms. The van der Waals surface area contributed by atoms with Crippen LogP contribution >= 0.6 is 15.9 Å². The molecule has 0 heterocycles. The van der Waals surface area contributed by atoms with Crippen LogP contribution in [0.3, 0.4) is 0 Å². The van der Waals surface area contributed by atoms with Crippen LogP contribution in [0, 0.1) is 0 Å². The number of halogens is 1. The van der Waals surface area contributed by atoms with E-state index in [1.165, 1.54) is 0 Å². The fraction of sp³-hybridized carbons (Fsp3) is 0.385. The summed E-state index contributed by atoms with van der Waals surface area (Å²) in [7, 11) is 0. The molecule has 0 spiro atoms. The highest BCUT2D eigenvalue weighted by molar-refractivity contribution is 9.10. The Morgan fingerprint density at radius 3 is 2.39 bits per heavy atom. The molecule has 5 heteroatoms. The van der Waals surface area contributed by atoms with Gasteiger partial charge < -0.3 is 10.1 Å². The van der Waals surface area contributed by atoms with Gasteiger partial charge in [0.25, 0.3) is 0 Å². The molecular formula is C13H16BrNO3. The average Bonchev–Trinajstić information content (AvgIpc) is 2.29. The van der Waals surface area contributed by atoms with Gasteiger partial charge in [-0.15, -0.1) is 0 Å². The van der Waals surface area contributed by atoms with Crippen LogP contribution in [0.25, 0.3) is 0 Å². The lowest BCUT2D eigenvalue weighted by Crippen LogP contribution is -2.16. The van der Waals surface area contributed by atoms with Gasteiger partial charge in [-0.1, -0.05) is 15.9 Å². The lowest BCUT2D eigenvalue weighted by Gasteiger charge is -2.08. The lowest BCUT2D eigenvalue weighted by molar-refractivity contribution is -0.148. The Hall–Kier alpha value is -1.36. The van der Waals surface area contributed by atoms with Crippen molar-refractivity contribution in [3.8, 4) is 0 Å². The molecule has 1 rings (SSSR count). The van der Waals surface area contributed by atoms with E-state index in [1.807, 2.05) is 12.1 Å². The van der Waals surface area contributed by atoms with E-state index < -0.39 is 0 Å². The van der Waals surface area contributed by atoms with E-state index in [0.717, 1.165) is 4.47 Å². The smallest absolute Gasteiger partial charge is 0.306 e. The summed E-state index contributed by atoms with van der Waals surface area (Å²) in [6.45, 7) is 3.56. The Labute approximate surface area is 115 Å². The van der Waals surface area contributed by atoms with Crippen LogP contribution in [0.1, 0.15) is 26.7 Å². The van der Waals surface area contributed by atoms with Crippen molar-refractivity contribution in [1.82, 2.24) is 0 Å². The first kappa shape index (κ1) is 14.7. The Morgan fingerprint density at radius 2 is 1.83 bits per heavy atom. The van der Waals surface area contributed by atoms with Gasteiger partial charge in [-0.05, 0) is 38.1 Å². The number of carbonyl (C=O) groups excluding carboxylic acids is 2. The molecule has 0 bridgehead atoms. The van der Waals surface area contributed by atoms with Crippen molar-refractivity contribution in [3.05, 3.63) is 28.7 Å². The molecule has 0 aromatic heterocycles. The second-order valence-electron chi connectivity index (χ2n) is 4.09. The molecule has 0 radical (unpaired) electrons. The van der Waals surface area contributed by atoms with Crippen molar-refractivity contribution in [2.45, 2.75) is 32.8 Å². The molecule has 1 N–H and O–H groups in total. The molecule has 4 nitrogen and oxygen atoms in total. The molecule has 0 aliphatic heterocycles. The van der Waals surface area contributed by atoms with E-state index in [-0.39, 0.29) is 30.8 Å². The van der Waals surface area contributed by atoms with Crippen molar-refractivity contribution < 1.29 is 14.3 Å². The number of hydrogen-bond acceptors (Lipinski definition) is 3. The third-order valence-electron chi connectivity index (χ3n) is 2.05. The highest BCUT2D eigenvalue weighted by Gasteiger charge is 2.09. The highest BCUT2D eigenvalue weighted by Crippen LogP contribution is 2.14. The molecule has 98 valence electrons. The van der Waals surface area contributed by atoms with Gasteiger partial charge in [0.2, 0.25) is 5.91 Å². The van der Waals surface area contributed by atoms with Crippen LogP contribution < -0.4 is 5.32 Å². The predicted octanol–water partition coefficient (Wildman–Crippen LogP) is 3.12. The summed E-state index contributed by atoms with van der Waals surface area (Å²) in [6.07, 6.45) is 0.0781. The number of amides is 1. The first-order chi connectivity index (χ1) is 8.47. The quantitative estimate of drug-likeness (QED) is 0.850. The van der Waals surface area contributed by atoms with Crippen molar-refractivity contribution in [2.75, 3.05) is 5.32 Å². The summed E-state index contributed by atoms with van der Waals surface area (Å²) in [6, 6.07) is 7.24. The molecule has 1 aromatic carbocycles. The number of anilines is 1. The Bertz CT molecular complexity index is 415. The van der Waals surface area contributed by atoms with E-state index in [4.69, 9.17) is 4.74 Å². The summed E-state index contributed by atoms with van der Waals surface area (Å²) < 4.78 is 5.89. The zero-order valence-corrected chi connectivity index (χ0v) is 12.0. The lowest BCUT2D eigenvalue weighted by atomic mass is 10.2. The molecule has 0 unspecified atom stereocenters. The Kier molecular flexibility index (Phi) is 5.85. The molecule has 1 amide bonds. The zero-order valence-electron chi connectivity index (χ0n) is 10.4. The van der Waals surface area contributed by atoms with Gasteiger partial charge in [0.15, 0.2) is 0 Å². The number of benzene rings is 1. The number of hydrogen-bond donors (Lipinski definition) is 1. The Balaban J connectivity index is 2.34. The van der Waals surface area contributed by atoms with E-state index in [9.17, 15) is 9.59 Å². The summed E-state index contributed by atoms with van der Waals surface area (Å²) >= 11 is 3.31. The van der Waals surface area contributed by atoms with E-state index in [1.54, 1.807) is 26.0 Å². The van der Waals surface area contributed by atoms with Gasteiger partial charge in [0.05, 0.1) is 12.5 Å². The summed E-state index contributed by atoms with van der Waals surface area (Å²) in [5, 5.41) is 2.71. The third-order valence-corrected chi connectivity index (χ3v) is 2.58. The Morgan fingerprint density at radius 1 is 1.22 bits per heavy atom. The molecule has 1 aromatic rings. The zero-order chi connectivity index (χ0) is 13.5. The van der Waals surface area contributed by atoms with Gasteiger partial charge in [-0.3, -0.25) is 9.59 Å².